The van der Waals surface area contributed by atoms with E-state index in [1.807, 2.05) is 47.2 Å². The maximum Gasteiger partial charge on any atom is 0.322 e. The van der Waals surface area contributed by atoms with Crippen LogP contribution >= 0.6 is 22.7 Å². The summed E-state index contributed by atoms with van der Waals surface area (Å²) < 4.78 is 0. The largest absolute Gasteiger partial charge is 0.349 e. The summed E-state index contributed by atoms with van der Waals surface area (Å²) in [5.74, 6) is -0.128. The van der Waals surface area contributed by atoms with Crippen LogP contribution in [-0.4, -0.2) is 34.4 Å². The van der Waals surface area contributed by atoms with Crippen LogP contribution in [0.1, 0.15) is 31.0 Å². The highest BCUT2D eigenvalue weighted by Crippen LogP contribution is 2.28. The van der Waals surface area contributed by atoms with E-state index in [0.29, 0.717) is 19.5 Å². The highest BCUT2D eigenvalue weighted by atomic mass is 32.1. The number of anilines is 1. The van der Waals surface area contributed by atoms with Crippen LogP contribution in [0, 0.1) is 0 Å². The van der Waals surface area contributed by atoms with E-state index in [1.54, 1.807) is 27.6 Å². The standard InChI is InChI=1S/C22H24N4O2S2/c1-2-15-7-3-4-8-17(15)25-22(28)26-11-5-9-18(26)20(27)23-13-16-14-30-21(24-16)19-10-6-12-29-19/h3-4,6-8,10,12,14,18H,2,5,9,11,13H2,1H3,(H,23,27)(H,25,28)/t18-/m1/s1. The molecule has 3 amide bonds. The first-order chi connectivity index (χ1) is 14.7. The van der Waals surface area contributed by atoms with Crippen LogP contribution < -0.4 is 10.6 Å². The molecule has 2 N–H and O–H groups in total. The predicted molar refractivity (Wildman–Crippen MR) is 122 cm³/mol. The molecular weight excluding hydrogens is 416 g/mol. The van der Waals surface area contributed by atoms with E-state index in [-0.39, 0.29) is 11.9 Å². The fourth-order valence-corrected chi connectivity index (χ4v) is 5.25. The molecule has 2 aromatic heterocycles. The summed E-state index contributed by atoms with van der Waals surface area (Å²) in [6.45, 7) is 3.00. The maximum absolute atomic E-state index is 12.8. The van der Waals surface area contributed by atoms with Gasteiger partial charge in [0.25, 0.3) is 0 Å². The van der Waals surface area contributed by atoms with E-state index in [0.717, 1.165) is 39.7 Å². The minimum atomic E-state index is -0.450. The number of rotatable bonds is 6. The number of likely N-dealkylation sites (tertiary alicyclic amines) is 1. The number of aryl methyl sites for hydroxylation is 1. The average molecular weight is 441 g/mol. The van der Waals surface area contributed by atoms with Crippen molar-refractivity contribution in [2.45, 2.75) is 38.8 Å². The van der Waals surface area contributed by atoms with Crippen LogP contribution in [0.3, 0.4) is 0 Å². The number of thiophene rings is 1. The van der Waals surface area contributed by atoms with Gasteiger partial charge < -0.3 is 15.5 Å². The topological polar surface area (TPSA) is 74.3 Å². The molecule has 30 heavy (non-hydrogen) atoms. The molecular formula is C22H24N4O2S2. The number of amides is 3. The number of nitrogens with zero attached hydrogens (tertiary/aromatic N) is 2. The Kier molecular flexibility index (Phi) is 6.44. The van der Waals surface area contributed by atoms with Gasteiger partial charge in [0, 0.05) is 17.6 Å². The summed E-state index contributed by atoms with van der Waals surface area (Å²) >= 11 is 3.23. The van der Waals surface area contributed by atoms with Crippen LogP contribution in [0.2, 0.25) is 0 Å². The Morgan fingerprint density at radius 1 is 1.20 bits per heavy atom. The number of aromatic nitrogens is 1. The number of thiazole rings is 1. The third kappa shape index (κ3) is 4.55. The lowest BCUT2D eigenvalue weighted by atomic mass is 10.1. The minimum absolute atomic E-state index is 0.128. The van der Waals surface area contributed by atoms with Crippen molar-refractivity contribution in [2.24, 2.45) is 0 Å². The molecule has 1 saturated heterocycles. The zero-order chi connectivity index (χ0) is 20.9. The first kappa shape index (κ1) is 20.6. The van der Waals surface area contributed by atoms with Crippen LogP contribution in [0.5, 0.6) is 0 Å². The molecule has 3 aromatic rings. The number of carbonyl (C=O) groups is 2. The predicted octanol–water partition coefficient (Wildman–Crippen LogP) is 4.75. The number of urea groups is 1. The second-order valence-electron chi connectivity index (χ2n) is 7.13. The molecule has 0 aliphatic carbocycles. The third-order valence-electron chi connectivity index (χ3n) is 5.18. The van der Waals surface area contributed by atoms with Crippen molar-refractivity contribution >= 4 is 40.3 Å². The molecule has 1 aliphatic rings. The normalized spacial score (nSPS) is 15.9. The van der Waals surface area contributed by atoms with Gasteiger partial charge in [-0.1, -0.05) is 31.2 Å². The molecule has 0 spiro atoms. The van der Waals surface area contributed by atoms with Crippen molar-refractivity contribution in [1.82, 2.24) is 15.2 Å². The Morgan fingerprint density at radius 2 is 2.07 bits per heavy atom. The van der Waals surface area contributed by atoms with Crippen molar-refractivity contribution in [3.05, 3.63) is 58.4 Å². The van der Waals surface area contributed by atoms with Crippen molar-refractivity contribution in [3.8, 4) is 9.88 Å². The van der Waals surface area contributed by atoms with Gasteiger partial charge in [-0.15, -0.1) is 22.7 Å². The zero-order valence-corrected chi connectivity index (χ0v) is 18.4. The summed E-state index contributed by atoms with van der Waals surface area (Å²) in [4.78, 5) is 33.0. The van der Waals surface area contributed by atoms with E-state index in [4.69, 9.17) is 0 Å². The van der Waals surface area contributed by atoms with Gasteiger partial charge in [-0.05, 0) is 42.3 Å². The number of nitrogens with one attached hydrogen (secondary N) is 2. The number of hydrogen-bond donors (Lipinski definition) is 2. The van der Waals surface area contributed by atoms with Gasteiger partial charge in [0.15, 0.2) is 0 Å². The molecule has 1 aromatic carbocycles. The number of hydrogen-bond acceptors (Lipinski definition) is 5. The van der Waals surface area contributed by atoms with Crippen LogP contribution in [0.15, 0.2) is 47.2 Å². The Bertz CT molecular complexity index is 1020. The monoisotopic (exact) mass is 440 g/mol. The summed E-state index contributed by atoms with van der Waals surface area (Å²) in [5.41, 5.74) is 2.72. The van der Waals surface area contributed by atoms with E-state index in [9.17, 15) is 9.59 Å². The third-order valence-corrected chi connectivity index (χ3v) is 7.11. The first-order valence-corrected chi connectivity index (χ1v) is 11.8. The Morgan fingerprint density at radius 3 is 2.87 bits per heavy atom. The van der Waals surface area contributed by atoms with Crippen LogP contribution in [-0.2, 0) is 17.8 Å². The second-order valence-corrected chi connectivity index (χ2v) is 8.94. The summed E-state index contributed by atoms with van der Waals surface area (Å²) in [7, 11) is 0. The minimum Gasteiger partial charge on any atom is -0.349 e. The number of benzene rings is 1. The molecule has 156 valence electrons. The van der Waals surface area contributed by atoms with Gasteiger partial charge >= 0.3 is 6.03 Å². The summed E-state index contributed by atoms with van der Waals surface area (Å²) in [5, 5.41) is 10.9. The Hall–Kier alpha value is -2.71. The molecule has 1 fully saturated rings. The number of carbonyl (C=O) groups excluding carboxylic acids is 2. The SMILES string of the molecule is CCc1ccccc1NC(=O)N1CCC[C@@H]1C(=O)NCc1csc(-c2cccs2)n1. The lowest BCUT2D eigenvalue weighted by molar-refractivity contribution is -0.124. The van der Waals surface area contributed by atoms with Crippen molar-refractivity contribution in [2.75, 3.05) is 11.9 Å². The maximum atomic E-state index is 12.8. The van der Waals surface area contributed by atoms with E-state index in [2.05, 4.69) is 22.5 Å². The number of para-hydroxylation sites is 1. The average Bonchev–Trinajstić information content (AvgIpc) is 3.53. The zero-order valence-electron chi connectivity index (χ0n) is 16.8. The molecule has 0 radical (unpaired) electrons. The molecule has 0 saturated carbocycles. The molecule has 0 unspecified atom stereocenters. The molecule has 4 rings (SSSR count). The van der Waals surface area contributed by atoms with Crippen molar-refractivity contribution in [3.63, 3.8) is 0 Å². The fourth-order valence-electron chi connectivity index (χ4n) is 3.62. The quantitative estimate of drug-likeness (QED) is 0.581. The van der Waals surface area contributed by atoms with Gasteiger partial charge in [0.1, 0.15) is 11.0 Å². The first-order valence-electron chi connectivity index (χ1n) is 10.1. The van der Waals surface area contributed by atoms with Gasteiger partial charge in [-0.25, -0.2) is 9.78 Å². The van der Waals surface area contributed by atoms with Gasteiger partial charge in [-0.2, -0.15) is 0 Å². The van der Waals surface area contributed by atoms with Crippen molar-refractivity contribution in [1.29, 1.82) is 0 Å². The van der Waals surface area contributed by atoms with E-state index in [1.165, 1.54) is 0 Å². The van der Waals surface area contributed by atoms with Crippen LogP contribution in [0.4, 0.5) is 10.5 Å². The molecule has 6 nitrogen and oxygen atoms in total. The molecule has 1 atom stereocenters. The summed E-state index contributed by atoms with van der Waals surface area (Å²) in [6, 6.07) is 11.1. The highest BCUT2D eigenvalue weighted by Gasteiger charge is 2.34. The van der Waals surface area contributed by atoms with Gasteiger partial charge in [0.05, 0.1) is 17.1 Å². The van der Waals surface area contributed by atoms with Gasteiger partial charge in [0.2, 0.25) is 5.91 Å². The lowest BCUT2D eigenvalue weighted by Crippen LogP contribution is -2.47. The van der Waals surface area contributed by atoms with E-state index >= 15 is 0 Å². The lowest BCUT2D eigenvalue weighted by Gasteiger charge is -2.24. The Labute approximate surface area is 184 Å². The Balaban J connectivity index is 1.36. The smallest absolute Gasteiger partial charge is 0.322 e. The molecule has 8 heteroatoms. The highest BCUT2D eigenvalue weighted by molar-refractivity contribution is 7.20. The fraction of sp³-hybridized carbons (Fsp3) is 0.318. The molecule has 0 bridgehead atoms. The molecule has 1 aliphatic heterocycles. The summed E-state index contributed by atoms with van der Waals surface area (Å²) in [6.07, 6.45) is 2.33. The van der Waals surface area contributed by atoms with Crippen molar-refractivity contribution < 1.29 is 9.59 Å². The van der Waals surface area contributed by atoms with E-state index < -0.39 is 6.04 Å². The second kappa shape index (κ2) is 9.40. The van der Waals surface area contributed by atoms with Gasteiger partial charge in [-0.3, -0.25) is 4.79 Å². The van der Waals surface area contributed by atoms with Crippen LogP contribution in [0.25, 0.3) is 9.88 Å². The molecule has 3 heterocycles.